The fourth-order valence-electron chi connectivity index (χ4n) is 3.00. The topological polar surface area (TPSA) is 133 Å². The van der Waals surface area contributed by atoms with Crippen LogP contribution in [0.25, 0.3) is 0 Å². The van der Waals surface area contributed by atoms with Crippen LogP contribution in [0, 0.1) is 95.2 Å². The number of aliphatic hydroxyl groups excluding tert-OH is 3. The number of ether oxygens (including phenoxy) is 6. The Morgan fingerprint density at radius 1 is 0.780 bits per heavy atom. The van der Waals surface area contributed by atoms with Gasteiger partial charge in [-0.3, -0.25) is 0 Å². The second kappa shape index (κ2) is 24.7. The molecule has 41 heavy (non-hydrogen) atoms. The van der Waals surface area contributed by atoms with E-state index in [1.807, 2.05) is 0 Å². The van der Waals surface area contributed by atoms with E-state index >= 15 is 0 Å². The highest BCUT2D eigenvalue weighted by Gasteiger charge is 2.44. The summed E-state index contributed by atoms with van der Waals surface area (Å²) in [5, 5.41) is 27.4. The Kier molecular flexibility index (Phi) is 20.8. The molecule has 0 saturated carbocycles. The van der Waals surface area contributed by atoms with Crippen molar-refractivity contribution in [3.8, 4) is 95.2 Å². The van der Waals surface area contributed by atoms with E-state index in [9.17, 15) is 9.90 Å². The van der Waals surface area contributed by atoms with Crippen molar-refractivity contribution in [2.45, 2.75) is 24.4 Å². The number of rotatable bonds is 15. The summed E-state index contributed by atoms with van der Waals surface area (Å²) in [5.41, 5.74) is 0. The molecule has 1 rings (SSSR count). The summed E-state index contributed by atoms with van der Waals surface area (Å²) < 4.78 is 33.2. The summed E-state index contributed by atoms with van der Waals surface area (Å²) in [6.07, 6.45) is 2.59. The Labute approximate surface area is 262 Å². The molecule has 3 N–H and O–H groups in total. The molecule has 0 amide bonds. The van der Waals surface area contributed by atoms with E-state index in [0.29, 0.717) is 0 Å². The van der Waals surface area contributed by atoms with Crippen molar-refractivity contribution >= 4 is 5.97 Å². The number of terminal acetylenes is 1. The molecule has 1 fully saturated rings. The predicted molar refractivity (Wildman–Crippen MR) is 177 cm³/mol. The molecule has 242 valence electrons. The molecule has 0 aromatic carbocycles. The Morgan fingerprint density at radius 3 is 1.93 bits per heavy atom. The van der Waals surface area contributed by atoms with Crippen LogP contribution in [-0.2, 0) is 33.2 Å². The summed E-state index contributed by atoms with van der Waals surface area (Å²) in [4.78, 5) is 11.7. The van der Waals surface area contributed by atoms with Crippen molar-refractivity contribution in [1.82, 2.24) is 0 Å². The first-order valence-electron chi connectivity index (χ1n) is 12.2. The van der Waals surface area contributed by atoms with Crippen LogP contribution in [0.1, 0.15) is 21.4 Å². The minimum Gasteiger partial charge on any atom is -0.454 e. The van der Waals surface area contributed by atoms with Crippen LogP contribution < -0.4 is 0 Å². The van der Waals surface area contributed by atoms with Gasteiger partial charge in [-0.25, -0.2) is 4.79 Å². The molecule has 1 aliphatic heterocycles. The van der Waals surface area contributed by atoms with Gasteiger partial charge in [0, 0.05) is 27.3 Å². The summed E-state index contributed by atoms with van der Waals surface area (Å²) in [7, 11) is 0. The van der Waals surface area contributed by atoms with Crippen molar-refractivity contribution in [3.05, 3.63) is 0 Å². The summed E-state index contributed by atoms with van der Waals surface area (Å²) in [6, 6.07) is 0. The van der Waals surface area contributed by atoms with Crippen molar-refractivity contribution < 1.29 is 69.9 Å². The van der Waals surface area contributed by atoms with Crippen LogP contribution in [0.4, 0.5) is 0 Å². The van der Waals surface area contributed by atoms with Crippen molar-refractivity contribution in [2.75, 3.05) is 66.1 Å². The quantitative estimate of drug-likeness (QED) is 0.111. The number of carbonyl (C=O) groups excluding carboxylic acids is 1. The first-order chi connectivity index (χ1) is 20.2. The molecule has 10 heteroatoms. The third kappa shape index (κ3) is 17.0. The lowest BCUT2D eigenvalue weighted by Crippen LogP contribution is -2.45. The van der Waals surface area contributed by atoms with Crippen LogP contribution in [-0.4, -0.2) is 112 Å². The maximum absolute atomic E-state index is 11.7. The van der Waals surface area contributed by atoms with Crippen LogP contribution in [0.2, 0.25) is 0 Å². The van der Waals surface area contributed by atoms with Gasteiger partial charge in [-0.1, -0.05) is 0 Å². The van der Waals surface area contributed by atoms with E-state index in [0.717, 1.165) is 0 Å². The predicted octanol–water partition coefficient (Wildman–Crippen LogP) is 1.42. The molecule has 0 radical (unpaired) electrons. The maximum Gasteiger partial charge on any atom is 0.385 e. The molecule has 0 aromatic heterocycles. The number of hydrogen-bond acceptors (Lipinski definition) is 10. The monoisotopic (exact) mass is 590 g/mol. The third-order valence-electron chi connectivity index (χ3n) is 4.49. The van der Waals surface area contributed by atoms with Crippen LogP contribution in [0.15, 0.2) is 0 Å². The molecule has 1 heterocycles. The fourth-order valence-corrected chi connectivity index (χ4v) is 3.00. The number of esters is 1. The highest BCUT2D eigenvalue weighted by molar-refractivity contribution is 5.89. The van der Waals surface area contributed by atoms with E-state index in [2.05, 4.69) is 88.8 Å². The van der Waals surface area contributed by atoms with Gasteiger partial charge in [0.05, 0.1) is 59.5 Å². The smallest absolute Gasteiger partial charge is 0.385 e. The number of hydrogen-bond donors (Lipinski definition) is 3. The molecule has 1 aliphatic rings. The highest BCUT2D eigenvalue weighted by atomic mass is 16.6. The van der Waals surface area contributed by atoms with Gasteiger partial charge in [0.1, 0.15) is 31.0 Å². The van der Waals surface area contributed by atoms with Gasteiger partial charge >= 0.3 is 5.97 Å². The third-order valence-corrected chi connectivity index (χ3v) is 4.49. The van der Waals surface area contributed by atoms with Gasteiger partial charge in [-0.2, -0.15) is 0 Å². The largest absolute Gasteiger partial charge is 0.454 e. The molecule has 0 bridgehead atoms. The minimum atomic E-state index is -0.799. The zero-order valence-electron chi connectivity index (χ0n) is 22.2. The average Bonchev–Trinajstić information content (AvgIpc) is 3.38. The second-order valence-electron chi connectivity index (χ2n) is 7.23. The zero-order chi connectivity index (χ0) is 29.8. The SMILES string of the molecule is C#CC#CC#CC#CC#CC#CC#CC#CC(=O)OCCOCC(OCCO)C1OC[C@@H](OCCO)[C@@H]1OCCO.[HH].[HH].[HH].[HH].[HH].[HH].[HH].[HH].[HH].[HH].[HH].[HH].[HH].[HH].[HH]. The molecule has 0 aliphatic carbocycles. The Hall–Kier alpha value is -4.37. The van der Waals surface area contributed by atoms with Gasteiger partial charge < -0.3 is 43.7 Å². The Bertz CT molecular complexity index is 1340. The molecule has 0 aromatic rings. The summed E-state index contributed by atoms with van der Waals surface area (Å²) in [5.74, 6) is 34.8. The van der Waals surface area contributed by atoms with E-state index in [1.165, 1.54) is 0 Å². The highest BCUT2D eigenvalue weighted by Crippen LogP contribution is 2.25. The fraction of sp³-hybridized carbons (Fsp3) is 0.452. The van der Waals surface area contributed by atoms with Crippen molar-refractivity contribution in [1.29, 1.82) is 0 Å². The molecule has 2 unspecified atom stereocenters. The molecular weight excluding hydrogens is 532 g/mol. The molecule has 10 nitrogen and oxygen atoms in total. The van der Waals surface area contributed by atoms with Crippen LogP contribution >= 0.6 is 0 Å². The molecule has 0 spiro atoms. The molecule has 1 saturated heterocycles. The van der Waals surface area contributed by atoms with Gasteiger partial charge in [0.25, 0.3) is 0 Å². The Morgan fingerprint density at radius 2 is 1.34 bits per heavy atom. The first kappa shape index (κ1) is 34.7. The van der Waals surface area contributed by atoms with Crippen LogP contribution in [0.5, 0.6) is 0 Å². The van der Waals surface area contributed by atoms with E-state index < -0.39 is 30.4 Å². The lowest BCUT2D eigenvalue weighted by atomic mass is 10.1. The maximum atomic E-state index is 11.7. The van der Waals surface area contributed by atoms with Gasteiger partial charge in [-0.05, 0) is 82.9 Å². The van der Waals surface area contributed by atoms with Crippen LogP contribution in [0.3, 0.4) is 0 Å². The van der Waals surface area contributed by atoms with Crippen molar-refractivity contribution in [3.63, 3.8) is 0 Å². The molecule has 4 atom stereocenters. The first-order valence-corrected chi connectivity index (χ1v) is 12.2. The lowest BCUT2D eigenvalue weighted by Gasteiger charge is -2.29. The van der Waals surface area contributed by atoms with Gasteiger partial charge in [-0.15, -0.1) is 6.42 Å². The Balaban J connectivity index is -0.0000000862. The zero-order valence-corrected chi connectivity index (χ0v) is 22.2. The van der Waals surface area contributed by atoms with Gasteiger partial charge in [0.15, 0.2) is 0 Å². The standard InChI is InChI=1S/C31H28O10.15H2/c1-2-3-4-5-6-7-8-9-10-11-12-13-14-15-16-29(35)39-24-23-36-25-27(37-20-17-32)31-30(40-22-19-34)28(26-41-31)38-21-18-33;;;;;;;;;;;;;;;/h1,27-28,30-34H,17-26H2;15*1H/t27?,28-,30+,31?;;;;;;;;;;;;;;;/m1.............../s1. The van der Waals surface area contributed by atoms with E-state index in [1.54, 1.807) is 0 Å². The number of aliphatic hydroxyl groups is 3. The molecular formula is C31H58O10. The normalized spacial score (nSPS) is 16.6. The second-order valence-corrected chi connectivity index (χ2v) is 7.23. The average molecular weight is 591 g/mol. The van der Waals surface area contributed by atoms with Crippen molar-refractivity contribution in [2.24, 2.45) is 0 Å². The summed E-state index contributed by atoms with van der Waals surface area (Å²) in [6.45, 7) is -0.233. The summed E-state index contributed by atoms with van der Waals surface area (Å²) >= 11 is 0. The lowest BCUT2D eigenvalue weighted by molar-refractivity contribution is -0.144. The van der Waals surface area contributed by atoms with Gasteiger partial charge in [0.2, 0.25) is 0 Å². The van der Waals surface area contributed by atoms with E-state index in [4.69, 9.17) is 45.1 Å². The minimum absolute atomic E-state index is 0. The van der Waals surface area contributed by atoms with E-state index in [-0.39, 0.29) is 87.5 Å². The number of carbonyl (C=O) groups is 1.